The Hall–Kier alpha value is -2.30. The van der Waals surface area contributed by atoms with Gasteiger partial charge in [-0.05, 0) is 48.3 Å². The van der Waals surface area contributed by atoms with Crippen molar-refractivity contribution in [2.24, 2.45) is 11.3 Å². The molecule has 2 aromatic rings. The molecule has 5 heteroatoms. The number of aromatic nitrogens is 2. The topological polar surface area (TPSA) is 68.9 Å². The highest BCUT2D eigenvalue weighted by Crippen LogP contribution is 2.70. The van der Waals surface area contributed by atoms with Gasteiger partial charge in [-0.3, -0.25) is 10.1 Å². The van der Waals surface area contributed by atoms with Gasteiger partial charge in [0.25, 0.3) is 5.69 Å². The summed E-state index contributed by atoms with van der Waals surface area (Å²) in [6.07, 6.45) is 1.02. The van der Waals surface area contributed by atoms with Gasteiger partial charge in [0.05, 0.1) is 4.92 Å². The fraction of sp³-hybridized carbons (Fsp3) is 0.412. The Morgan fingerprint density at radius 1 is 1.23 bits per heavy atom. The zero-order valence-electron chi connectivity index (χ0n) is 12.8. The molecule has 5 nitrogen and oxygen atoms in total. The first-order chi connectivity index (χ1) is 10.4. The first-order valence-electron chi connectivity index (χ1n) is 7.52. The van der Waals surface area contributed by atoms with Crippen LogP contribution in [0.15, 0.2) is 24.3 Å². The van der Waals surface area contributed by atoms with E-state index in [1.165, 1.54) is 17.7 Å². The van der Waals surface area contributed by atoms with Gasteiger partial charge in [-0.25, -0.2) is 9.97 Å². The maximum atomic E-state index is 10.7. The summed E-state index contributed by atoms with van der Waals surface area (Å²) in [7, 11) is 0. The van der Waals surface area contributed by atoms with Crippen LogP contribution in [0.2, 0.25) is 0 Å². The minimum absolute atomic E-state index is 0.0876. The first-order valence-corrected chi connectivity index (χ1v) is 7.52. The molecule has 0 bridgehead atoms. The smallest absolute Gasteiger partial charge is 0.258 e. The fourth-order valence-corrected chi connectivity index (χ4v) is 3.97. The zero-order chi connectivity index (χ0) is 15.6. The van der Waals surface area contributed by atoms with Gasteiger partial charge in [-0.1, -0.05) is 13.8 Å². The second kappa shape index (κ2) is 4.12. The van der Waals surface area contributed by atoms with Crippen LogP contribution in [0.1, 0.15) is 36.7 Å². The third-order valence-electron chi connectivity index (χ3n) is 5.33. The number of hydrogen-bond donors (Lipinski definition) is 0. The standard InChI is InChI=1S/C17H17N3O2/c1-9-14-13(8-12-15(14)17(12,2)3)19-16(18-9)10-4-6-11(7-5-10)20(21)22/h4-7,12,15H,8H2,1-3H3/t12-,15-/m1/s1. The van der Waals surface area contributed by atoms with Crippen molar-refractivity contribution in [3.63, 3.8) is 0 Å². The summed E-state index contributed by atoms with van der Waals surface area (Å²) < 4.78 is 0. The van der Waals surface area contributed by atoms with Crippen molar-refractivity contribution in [3.8, 4) is 11.4 Å². The minimum atomic E-state index is -0.395. The molecule has 1 fully saturated rings. The van der Waals surface area contributed by atoms with Crippen LogP contribution < -0.4 is 0 Å². The molecular formula is C17H17N3O2. The highest BCUT2D eigenvalue weighted by atomic mass is 16.6. The number of nitro groups is 1. The monoisotopic (exact) mass is 295 g/mol. The largest absolute Gasteiger partial charge is 0.269 e. The van der Waals surface area contributed by atoms with E-state index in [1.807, 2.05) is 6.92 Å². The molecule has 112 valence electrons. The predicted octanol–water partition coefficient (Wildman–Crippen LogP) is 3.66. The lowest BCUT2D eigenvalue weighted by molar-refractivity contribution is -0.384. The molecule has 1 aromatic heterocycles. The van der Waals surface area contributed by atoms with E-state index in [1.54, 1.807) is 12.1 Å². The van der Waals surface area contributed by atoms with Crippen molar-refractivity contribution in [2.75, 3.05) is 0 Å². The number of hydrogen-bond acceptors (Lipinski definition) is 4. The summed E-state index contributed by atoms with van der Waals surface area (Å²) in [5.74, 6) is 1.97. The third-order valence-corrected chi connectivity index (χ3v) is 5.33. The summed E-state index contributed by atoms with van der Waals surface area (Å²) >= 11 is 0. The van der Waals surface area contributed by atoms with Crippen LogP contribution in [-0.2, 0) is 6.42 Å². The minimum Gasteiger partial charge on any atom is -0.258 e. The molecule has 1 aromatic carbocycles. The summed E-state index contributed by atoms with van der Waals surface area (Å²) in [6, 6.07) is 6.45. The normalized spacial score (nSPS) is 23.8. The van der Waals surface area contributed by atoms with E-state index in [-0.39, 0.29) is 5.69 Å². The molecular weight excluding hydrogens is 278 g/mol. The average molecular weight is 295 g/mol. The van der Waals surface area contributed by atoms with Crippen LogP contribution in [0.4, 0.5) is 5.69 Å². The number of nitro benzene ring substituents is 1. The van der Waals surface area contributed by atoms with Crippen molar-refractivity contribution < 1.29 is 4.92 Å². The van der Waals surface area contributed by atoms with E-state index in [0.717, 1.165) is 23.4 Å². The van der Waals surface area contributed by atoms with E-state index in [4.69, 9.17) is 4.98 Å². The second-order valence-electron chi connectivity index (χ2n) is 6.91. The molecule has 2 aliphatic carbocycles. The van der Waals surface area contributed by atoms with Gasteiger partial charge in [0, 0.05) is 29.1 Å². The molecule has 0 unspecified atom stereocenters. The van der Waals surface area contributed by atoms with Gasteiger partial charge in [0.1, 0.15) is 0 Å². The van der Waals surface area contributed by atoms with Crippen LogP contribution in [0.25, 0.3) is 11.4 Å². The van der Waals surface area contributed by atoms with Gasteiger partial charge in [0.15, 0.2) is 5.82 Å². The maximum Gasteiger partial charge on any atom is 0.269 e. The Balaban J connectivity index is 1.73. The Morgan fingerprint density at radius 2 is 1.91 bits per heavy atom. The van der Waals surface area contributed by atoms with Gasteiger partial charge < -0.3 is 0 Å². The van der Waals surface area contributed by atoms with Crippen LogP contribution in [0.3, 0.4) is 0 Å². The van der Waals surface area contributed by atoms with Crippen LogP contribution in [0, 0.1) is 28.4 Å². The number of aryl methyl sites for hydroxylation is 1. The molecule has 1 heterocycles. The molecule has 1 saturated carbocycles. The predicted molar refractivity (Wildman–Crippen MR) is 82.6 cm³/mol. The second-order valence-corrected chi connectivity index (χ2v) is 6.91. The molecule has 4 rings (SSSR count). The molecule has 0 N–H and O–H groups in total. The highest BCUT2D eigenvalue weighted by Gasteiger charge is 2.63. The Morgan fingerprint density at radius 3 is 2.55 bits per heavy atom. The van der Waals surface area contributed by atoms with Gasteiger partial charge in [-0.15, -0.1) is 0 Å². The van der Waals surface area contributed by atoms with Gasteiger partial charge in [-0.2, -0.15) is 0 Å². The number of nitrogens with zero attached hydrogens (tertiary/aromatic N) is 3. The van der Waals surface area contributed by atoms with Crippen molar-refractivity contribution in [1.29, 1.82) is 0 Å². The van der Waals surface area contributed by atoms with E-state index in [2.05, 4.69) is 18.8 Å². The van der Waals surface area contributed by atoms with Gasteiger partial charge >= 0.3 is 0 Å². The molecule has 22 heavy (non-hydrogen) atoms. The lowest BCUT2D eigenvalue weighted by atomic mass is 9.97. The lowest BCUT2D eigenvalue weighted by Crippen LogP contribution is -2.07. The summed E-state index contributed by atoms with van der Waals surface area (Å²) in [5, 5.41) is 10.7. The van der Waals surface area contributed by atoms with Crippen molar-refractivity contribution in [2.45, 2.75) is 33.1 Å². The molecule has 2 atom stereocenters. The Kier molecular flexibility index (Phi) is 2.50. The van der Waals surface area contributed by atoms with E-state index in [0.29, 0.717) is 23.1 Å². The molecule has 0 radical (unpaired) electrons. The summed E-state index contributed by atoms with van der Waals surface area (Å²) in [4.78, 5) is 19.7. The van der Waals surface area contributed by atoms with Crippen LogP contribution >= 0.6 is 0 Å². The summed E-state index contributed by atoms with van der Waals surface area (Å²) in [5.41, 5.74) is 4.85. The van der Waals surface area contributed by atoms with Crippen molar-refractivity contribution in [1.82, 2.24) is 9.97 Å². The van der Waals surface area contributed by atoms with Crippen molar-refractivity contribution in [3.05, 3.63) is 51.3 Å². The average Bonchev–Trinajstić information content (AvgIpc) is 2.86. The number of rotatable bonds is 2. The zero-order valence-corrected chi connectivity index (χ0v) is 12.8. The number of non-ortho nitro benzene ring substituents is 1. The number of fused-ring (bicyclic) bond motifs is 3. The van der Waals surface area contributed by atoms with E-state index in [9.17, 15) is 10.1 Å². The Bertz CT molecular complexity index is 796. The van der Waals surface area contributed by atoms with Crippen molar-refractivity contribution >= 4 is 5.69 Å². The number of benzene rings is 1. The SMILES string of the molecule is Cc1nc(-c2ccc([N+](=O)[O-])cc2)nc2c1[C@H]1[C@@H](C2)C1(C)C. The Labute approximate surface area is 128 Å². The molecule has 0 spiro atoms. The molecule has 0 amide bonds. The molecule has 0 saturated heterocycles. The summed E-state index contributed by atoms with van der Waals surface area (Å²) in [6.45, 7) is 6.68. The fourth-order valence-electron chi connectivity index (χ4n) is 3.97. The quantitative estimate of drug-likeness (QED) is 0.626. The van der Waals surface area contributed by atoms with E-state index >= 15 is 0 Å². The van der Waals surface area contributed by atoms with Gasteiger partial charge in [0.2, 0.25) is 0 Å². The molecule has 0 aliphatic heterocycles. The maximum absolute atomic E-state index is 10.7. The third kappa shape index (κ3) is 1.71. The highest BCUT2D eigenvalue weighted by molar-refractivity contribution is 5.59. The molecule has 2 aliphatic rings. The lowest BCUT2D eigenvalue weighted by Gasteiger charge is -2.14. The van der Waals surface area contributed by atoms with E-state index < -0.39 is 4.92 Å². The first kappa shape index (κ1) is 13.4. The van der Waals surface area contributed by atoms with Crippen LogP contribution in [-0.4, -0.2) is 14.9 Å². The van der Waals surface area contributed by atoms with Crippen LogP contribution in [0.5, 0.6) is 0 Å².